The lowest BCUT2D eigenvalue weighted by atomic mass is 9.98. The lowest BCUT2D eigenvalue weighted by Gasteiger charge is -2.16. The van der Waals surface area contributed by atoms with E-state index in [0.29, 0.717) is 17.9 Å². The summed E-state index contributed by atoms with van der Waals surface area (Å²) < 4.78 is 6.88. The molecule has 0 amide bonds. The number of carbonyl (C=O) groups excluding carboxylic acids is 1. The molecule has 5 nitrogen and oxygen atoms in total. The van der Waals surface area contributed by atoms with Gasteiger partial charge in [0.05, 0.1) is 13.3 Å². The molecule has 0 spiro atoms. The molecule has 0 aliphatic rings. The number of nitrogens with two attached hydrogens (primary N) is 1. The predicted octanol–water partition coefficient (Wildman–Crippen LogP) is 2.03. The van der Waals surface area contributed by atoms with Gasteiger partial charge in [0, 0.05) is 18.5 Å². The second-order valence-electron chi connectivity index (χ2n) is 5.14. The molecule has 5 heteroatoms. The Morgan fingerprint density at radius 1 is 1.44 bits per heavy atom. The van der Waals surface area contributed by atoms with E-state index in [4.69, 9.17) is 10.5 Å². The first-order valence-electron chi connectivity index (χ1n) is 6.28. The van der Waals surface area contributed by atoms with Crippen LogP contribution in [0.5, 0.6) is 5.75 Å². The van der Waals surface area contributed by atoms with Gasteiger partial charge in [0.2, 0.25) is 0 Å². The number of ether oxygens (including phenoxy) is 1. The first-order chi connectivity index (χ1) is 8.38. The fourth-order valence-corrected chi connectivity index (χ4v) is 1.70. The highest BCUT2D eigenvalue weighted by Crippen LogP contribution is 2.23. The lowest BCUT2D eigenvalue weighted by Crippen LogP contribution is -2.30. The number of hydrogen-bond acceptors (Lipinski definition) is 4. The molecule has 1 rings (SSSR count). The minimum Gasteiger partial charge on any atom is -0.493 e. The van der Waals surface area contributed by atoms with E-state index >= 15 is 0 Å². The third-order valence-electron chi connectivity index (χ3n) is 3.01. The maximum absolute atomic E-state index is 12.3. The summed E-state index contributed by atoms with van der Waals surface area (Å²) in [6, 6.07) is -0.0270. The Labute approximate surface area is 108 Å². The number of carbonyl (C=O) groups is 1. The molecule has 1 unspecified atom stereocenters. The second-order valence-corrected chi connectivity index (χ2v) is 5.14. The van der Waals surface area contributed by atoms with Crippen LogP contribution in [-0.2, 0) is 0 Å². The SMILES string of the molecule is COc1cnn(C(C)C)c1C(=O)CC(N)C(C)C. The number of Topliss-reactive ketones (excluding diaryl/α,β-unsaturated/α-hetero) is 1. The van der Waals surface area contributed by atoms with Crippen LogP contribution in [0.15, 0.2) is 6.20 Å². The molecular weight excluding hydrogens is 230 g/mol. The number of methoxy groups -OCH3 is 1. The summed E-state index contributed by atoms with van der Waals surface area (Å²) in [4.78, 5) is 12.3. The molecule has 102 valence electrons. The number of nitrogens with zero attached hydrogens (tertiary/aromatic N) is 2. The standard InChI is InChI=1S/C13H23N3O2/c1-8(2)10(14)6-11(17)13-12(18-5)7-15-16(13)9(3)4/h7-10H,6,14H2,1-5H3. The van der Waals surface area contributed by atoms with E-state index in [-0.39, 0.29) is 23.8 Å². The number of aromatic nitrogens is 2. The molecule has 0 bridgehead atoms. The minimum atomic E-state index is -0.141. The average molecular weight is 253 g/mol. The Kier molecular flexibility index (Phi) is 4.90. The maximum Gasteiger partial charge on any atom is 0.186 e. The van der Waals surface area contributed by atoms with Crippen LogP contribution in [0.25, 0.3) is 0 Å². The van der Waals surface area contributed by atoms with Crippen molar-refractivity contribution < 1.29 is 9.53 Å². The smallest absolute Gasteiger partial charge is 0.186 e. The van der Waals surface area contributed by atoms with E-state index in [2.05, 4.69) is 5.10 Å². The summed E-state index contributed by atoms with van der Waals surface area (Å²) in [6.45, 7) is 7.97. The highest BCUT2D eigenvalue weighted by atomic mass is 16.5. The van der Waals surface area contributed by atoms with Gasteiger partial charge < -0.3 is 10.5 Å². The van der Waals surface area contributed by atoms with Gasteiger partial charge in [0.15, 0.2) is 11.5 Å². The topological polar surface area (TPSA) is 70.1 Å². The highest BCUT2D eigenvalue weighted by molar-refractivity contribution is 5.97. The van der Waals surface area contributed by atoms with Crippen LogP contribution in [0, 0.1) is 5.92 Å². The Balaban J connectivity index is 3.00. The molecular formula is C13H23N3O2. The van der Waals surface area contributed by atoms with Crippen molar-refractivity contribution >= 4 is 5.78 Å². The number of rotatable bonds is 6. The zero-order valence-corrected chi connectivity index (χ0v) is 11.8. The minimum absolute atomic E-state index is 0.0146. The Morgan fingerprint density at radius 2 is 2.06 bits per heavy atom. The van der Waals surface area contributed by atoms with Crippen LogP contribution < -0.4 is 10.5 Å². The van der Waals surface area contributed by atoms with Crippen LogP contribution in [0.3, 0.4) is 0 Å². The third kappa shape index (κ3) is 3.10. The normalized spacial score (nSPS) is 13.1. The van der Waals surface area contributed by atoms with E-state index in [1.807, 2.05) is 27.7 Å². The predicted molar refractivity (Wildman–Crippen MR) is 70.9 cm³/mol. The van der Waals surface area contributed by atoms with Gasteiger partial charge in [-0.25, -0.2) is 0 Å². The summed E-state index contributed by atoms with van der Waals surface area (Å²) in [6.07, 6.45) is 1.89. The summed E-state index contributed by atoms with van der Waals surface area (Å²) in [5.41, 5.74) is 6.47. The maximum atomic E-state index is 12.3. The van der Waals surface area contributed by atoms with Crippen LogP contribution in [0.4, 0.5) is 0 Å². The average Bonchev–Trinajstić information content (AvgIpc) is 2.72. The van der Waals surface area contributed by atoms with Gasteiger partial charge in [0.25, 0.3) is 0 Å². The first-order valence-corrected chi connectivity index (χ1v) is 6.28. The van der Waals surface area contributed by atoms with Crippen molar-refractivity contribution in [3.63, 3.8) is 0 Å². The molecule has 18 heavy (non-hydrogen) atoms. The fourth-order valence-electron chi connectivity index (χ4n) is 1.70. The zero-order chi connectivity index (χ0) is 13.9. The fraction of sp³-hybridized carbons (Fsp3) is 0.692. The molecule has 2 N–H and O–H groups in total. The molecule has 0 aliphatic heterocycles. The summed E-state index contributed by atoms with van der Waals surface area (Å²) in [7, 11) is 1.54. The van der Waals surface area contributed by atoms with Crippen molar-refractivity contribution in [2.75, 3.05) is 7.11 Å². The van der Waals surface area contributed by atoms with Gasteiger partial charge in [-0.1, -0.05) is 13.8 Å². The monoisotopic (exact) mass is 253 g/mol. The van der Waals surface area contributed by atoms with Crippen LogP contribution in [0.1, 0.15) is 50.6 Å². The van der Waals surface area contributed by atoms with Gasteiger partial charge in [-0.15, -0.1) is 0 Å². The molecule has 0 saturated carbocycles. The summed E-state index contributed by atoms with van der Waals surface area (Å²) >= 11 is 0. The molecule has 0 saturated heterocycles. The van der Waals surface area contributed by atoms with Crippen molar-refractivity contribution in [2.24, 2.45) is 11.7 Å². The molecule has 1 heterocycles. The quantitative estimate of drug-likeness (QED) is 0.787. The molecule has 0 aromatic carbocycles. The summed E-state index contributed by atoms with van der Waals surface area (Å²) in [5, 5.41) is 4.19. The van der Waals surface area contributed by atoms with Crippen LogP contribution >= 0.6 is 0 Å². The Hall–Kier alpha value is -1.36. The third-order valence-corrected chi connectivity index (χ3v) is 3.01. The molecule has 1 aromatic rings. The zero-order valence-electron chi connectivity index (χ0n) is 11.8. The van der Waals surface area contributed by atoms with Gasteiger partial charge >= 0.3 is 0 Å². The van der Waals surface area contributed by atoms with E-state index in [1.165, 1.54) is 0 Å². The first kappa shape index (κ1) is 14.7. The van der Waals surface area contributed by atoms with Crippen molar-refractivity contribution in [2.45, 2.75) is 46.2 Å². The van der Waals surface area contributed by atoms with Crippen molar-refractivity contribution in [3.05, 3.63) is 11.9 Å². The number of ketones is 1. The van der Waals surface area contributed by atoms with Crippen LogP contribution in [0.2, 0.25) is 0 Å². The Bertz CT molecular complexity index is 410. The van der Waals surface area contributed by atoms with Crippen molar-refractivity contribution in [1.82, 2.24) is 9.78 Å². The molecule has 0 radical (unpaired) electrons. The lowest BCUT2D eigenvalue weighted by molar-refractivity contribution is 0.0952. The number of hydrogen-bond donors (Lipinski definition) is 1. The molecule has 0 fully saturated rings. The van der Waals surface area contributed by atoms with Gasteiger partial charge in [-0.2, -0.15) is 5.10 Å². The molecule has 1 atom stereocenters. The van der Waals surface area contributed by atoms with Gasteiger partial charge in [-0.3, -0.25) is 9.48 Å². The molecule has 0 aliphatic carbocycles. The van der Waals surface area contributed by atoms with E-state index in [1.54, 1.807) is 18.0 Å². The summed E-state index contributed by atoms with van der Waals surface area (Å²) in [5.74, 6) is 0.777. The highest BCUT2D eigenvalue weighted by Gasteiger charge is 2.23. The molecule has 1 aromatic heterocycles. The van der Waals surface area contributed by atoms with E-state index in [0.717, 1.165) is 0 Å². The Morgan fingerprint density at radius 3 is 2.50 bits per heavy atom. The van der Waals surface area contributed by atoms with Crippen LogP contribution in [-0.4, -0.2) is 28.7 Å². The van der Waals surface area contributed by atoms with Crippen molar-refractivity contribution in [3.8, 4) is 5.75 Å². The van der Waals surface area contributed by atoms with E-state index < -0.39 is 0 Å². The van der Waals surface area contributed by atoms with Gasteiger partial charge in [0.1, 0.15) is 5.69 Å². The van der Waals surface area contributed by atoms with E-state index in [9.17, 15) is 4.79 Å². The largest absolute Gasteiger partial charge is 0.493 e. The second kappa shape index (κ2) is 6.00. The van der Waals surface area contributed by atoms with Crippen molar-refractivity contribution in [1.29, 1.82) is 0 Å². The van der Waals surface area contributed by atoms with Gasteiger partial charge in [-0.05, 0) is 19.8 Å².